The number of hydrogen-bond donors (Lipinski definition) is 1. The second-order valence-electron chi connectivity index (χ2n) is 7.41. The number of rotatable bonds is 5. The van der Waals surface area contributed by atoms with Crippen molar-refractivity contribution < 1.29 is 4.79 Å². The molecule has 0 saturated carbocycles. The van der Waals surface area contributed by atoms with Gasteiger partial charge in [-0.25, -0.2) is 9.97 Å². The van der Waals surface area contributed by atoms with Crippen LogP contribution in [0.15, 0.2) is 0 Å². The van der Waals surface area contributed by atoms with Gasteiger partial charge in [0.1, 0.15) is 16.5 Å². The lowest BCUT2D eigenvalue weighted by atomic mass is 9.99. The molecule has 2 aromatic rings. The molecule has 6 nitrogen and oxygen atoms in total. The Kier molecular flexibility index (Phi) is 5.77. The van der Waals surface area contributed by atoms with Gasteiger partial charge in [-0.1, -0.05) is 6.92 Å². The van der Waals surface area contributed by atoms with Crippen LogP contribution in [0.5, 0.6) is 0 Å². The first-order chi connectivity index (χ1) is 12.4. The van der Waals surface area contributed by atoms with Crippen molar-refractivity contribution in [1.29, 1.82) is 0 Å². The van der Waals surface area contributed by atoms with Crippen LogP contribution < -0.4 is 10.2 Å². The summed E-state index contributed by atoms with van der Waals surface area (Å²) in [6.45, 7) is 9.83. The van der Waals surface area contributed by atoms with E-state index in [0.717, 1.165) is 47.4 Å². The molecule has 0 radical (unpaired) electrons. The molecule has 0 unspecified atom stereocenters. The van der Waals surface area contributed by atoms with Crippen LogP contribution in [0.3, 0.4) is 0 Å². The maximum Gasteiger partial charge on any atom is 0.239 e. The molecule has 1 aliphatic rings. The first-order valence-corrected chi connectivity index (χ1v) is 10.1. The molecular formula is C19H29N5OS. The second-order valence-corrected chi connectivity index (χ2v) is 8.62. The SMILES string of the molecule is CNC(=O)CN(C)c1nc(CN2CCC(C)CC2)nc2sc(C)c(C)c12. The molecule has 1 aliphatic heterocycles. The minimum atomic E-state index is -0.0181. The molecule has 1 N–H and O–H groups in total. The molecule has 142 valence electrons. The minimum Gasteiger partial charge on any atom is -0.358 e. The van der Waals surface area contributed by atoms with Crippen LogP contribution in [0.2, 0.25) is 0 Å². The van der Waals surface area contributed by atoms with Gasteiger partial charge in [0.2, 0.25) is 5.91 Å². The molecule has 0 bridgehead atoms. The molecule has 2 aromatic heterocycles. The Morgan fingerprint density at radius 1 is 1.31 bits per heavy atom. The lowest BCUT2D eigenvalue weighted by Gasteiger charge is -2.29. The van der Waals surface area contributed by atoms with Crippen LogP contribution in [-0.2, 0) is 11.3 Å². The van der Waals surface area contributed by atoms with Crippen molar-refractivity contribution in [1.82, 2.24) is 20.2 Å². The number of likely N-dealkylation sites (tertiary alicyclic amines) is 1. The monoisotopic (exact) mass is 375 g/mol. The number of thiophene rings is 1. The highest BCUT2D eigenvalue weighted by Gasteiger charge is 2.21. The fourth-order valence-electron chi connectivity index (χ4n) is 3.41. The van der Waals surface area contributed by atoms with E-state index in [9.17, 15) is 4.79 Å². The molecule has 0 aliphatic carbocycles. The number of carbonyl (C=O) groups is 1. The molecule has 1 saturated heterocycles. The zero-order valence-corrected chi connectivity index (χ0v) is 17.2. The molecule has 0 spiro atoms. The molecule has 1 amide bonds. The van der Waals surface area contributed by atoms with E-state index < -0.39 is 0 Å². The second kappa shape index (κ2) is 7.88. The van der Waals surface area contributed by atoms with Crippen molar-refractivity contribution in [3.8, 4) is 0 Å². The molecule has 3 rings (SSSR count). The quantitative estimate of drug-likeness (QED) is 0.871. The predicted molar refractivity (Wildman–Crippen MR) is 108 cm³/mol. The maximum absolute atomic E-state index is 11.9. The Balaban J connectivity index is 1.93. The number of aryl methyl sites for hydroxylation is 2. The van der Waals surface area contributed by atoms with Crippen molar-refractivity contribution >= 4 is 33.3 Å². The standard InChI is InChI=1S/C19H29N5OS/c1-12-6-8-24(9-7-12)10-15-21-18(23(5)11-16(25)20-4)17-13(2)14(3)26-19(17)22-15/h12H,6-11H2,1-5H3,(H,20,25). The summed E-state index contributed by atoms with van der Waals surface area (Å²) in [6.07, 6.45) is 2.48. The molecule has 7 heteroatoms. The first-order valence-electron chi connectivity index (χ1n) is 9.29. The van der Waals surface area contributed by atoms with Crippen LogP contribution in [0, 0.1) is 19.8 Å². The number of nitrogens with one attached hydrogen (secondary N) is 1. The summed E-state index contributed by atoms with van der Waals surface area (Å²) in [7, 11) is 3.59. The van der Waals surface area contributed by atoms with Gasteiger partial charge in [0, 0.05) is 19.0 Å². The van der Waals surface area contributed by atoms with E-state index in [2.05, 4.69) is 31.0 Å². The fourth-order valence-corrected chi connectivity index (χ4v) is 4.45. The van der Waals surface area contributed by atoms with E-state index in [4.69, 9.17) is 9.97 Å². The van der Waals surface area contributed by atoms with Gasteiger partial charge in [0.15, 0.2) is 0 Å². The van der Waals surface area contributed by atoms with Crippen LogP contribution in [0.25, 0.3) is 10.2 Å². The number of piperidine rings is 1. The van der Waals surface area contributed by atoms with Crippen molar-refractivity contribution in [3.05, 3.63) is 16.3 Å². The summed E-state index contributed by atoms with van der Waals surface area (Å²) in [4.78, 5) is 28.2. The van der Waals surface area contributed by atoms with Crippen molar-refractivity contribution in [2.75, 3.05) is 38.6 Å². The molecule has 3 heterocycles. The lowest BCUT2D eigenvalue weighted by Crippen LogP contribution is -2.35. The molecule has 26 heavy (non-hydrogen) atoms. The van der Waals surface area contributed by atoms with Crippen LogP contribution in [0.1, 0.15) is 36.0 Å². The largest absolute Gasteiger partial charge is 0.358 e. The van der Waals surface area contributed by atoms with Gasteiger partial charge in [-0.05, 0) is 51.3 Å². The Morgan fingerprint density at radius 3 is 2.65 bits per heavy atom. The molecule has 1 fully saturated rings. The number of likely N-dealkylation sites (N-methyl/N-ethyl adjacent to an activating group) is 2. The van der Waals surface area contributed by atoms with Crippen LogP contribution in [-0.4, -0.2) is 54.5 Å². The van der Waals surface area contributed by atoms with Crippen LogP contribution >= 0.6 is 11.3 Å². The third-order valence-corrected chi connectivity index (χ3v) is 6.42. The Hall–Kier alpha value is -1.73. The summed E-state index contributed by atoms with van der Waals surface area (Å²) in [5.74, 6) is 2.51. The number of nitrogens with zero attached hydrogens (tertiary/aromatic N) is 4. The summed E-state index contributed by atoms with van der Waals surface area (Å²) in [6, 6.07) is 0. The van der Waals surface area contributed by atoms with E-state index in [1.807, 2.05) is 11.9 Å². The zero-order chi connectivity index (χ0) is 18.8. The Labute approximate surface area is 159 Å². The highest BCUT2D eigenvalue weighted by atomic mass is 32.1. The van der Waals surface area contributed by atoms with Crippen molar-refractivity contribution in [2.45, 2.75) is 40.2 Å². The molecule has 0 atom stereocenters. The first kappa shape index (κ1) is 19.0. The van der Waals surface area contributed by atoms with E-state index in [0.29, 0.717) is 0 Å². The number of amides is 1. The third kappa shape index (κ3) is 3.99. The van der Waals surface area contributed by atoms with E-state index >= 15 is 0 Å². The normalized spacial score (nSPS) is 16.2. The Bertz CT molecular complexity index is 795. The third-order valence-electron chi connectivity index (χ3n) is 5.32. The summed E-state index contributed by atoms with van der Waals surface area (Å²) in [5, 5.41) is 3.77. The number of carbonyl (C=O) groups excluding carboxylic acids is 1. The topological polar surface area (TPSA) is 61.4 Å². The van der Waals surface area contributed by atoms with Crippen LogP contribution in [0.4, 0.5) is 5.82 Å². The van der Waals surface area contributed by atoms with Gasteiger partial charge in [-0.15, -0.1) is 11.3 Å². The smallest absolute Gasteiger partial charge is 0.239 e. The van der Waals surface area contributed by atoms with Crippen molar-refractivity contribution in [2.24, 2.45) is 5.92 Å². The number of fused-ring (bicyclic) bond motifs is 1. The fraction of sp³-hybridized carbons (Fsp3) is 0.632. The number of aromatic nitrogens is 2. The van der Waals surface area contributed by atoms with Crippen molar-refractivity contribution in [3.63, 3.8) is 0 Å². The highest BCUT2D eigenvalue weighted by Crippen LogP contribution is 2.34. The van der Waals surface area contributed by atoms with E-state index in [-0.39, 0.29) is 12.5 Å². The van der Waals surface area contributed by atoms with Gasteiger partial charge in [0.25, 0.3) is 0 Å². The molecular weight excluding hydrogens is 346 g/mol. The minimum absolute atomic E-state index is 0.0181. The van der Waals surface area contributed by atoms with E-state index in [1.54, 1.807) is 18.4 Å². The van der Waals surface area contributed by atoms with Gasteiger partial charge in [-0.3, -0.25) is 9.69 Å². The highest BCUT2D eigenvalue weighted by molar-refractivity contribution is 7.18. The Morgan fingerprint density at radius 2 is 2.00 bits per heavy atom. The molecule has 0 aromatic carbocycles. The summed E-state index contributed by atoms with van der Waals surface area (Å²) >= 11 is 1.71. The van der Waals surface area contributed by atoms with Gasteiger partial charge < -0.3 is 10.2 Å². The summed E-state index contributed by atoms with van der Waals surface area (Å²) in [5.41, 5.74) is 1.21. The number of anilines is 1. The van der Waals surface area contributed by atoms with Gasteiger partial charge in [-0.2, -0.15) is 0 Å². The zero-order valence-electron chi connectivity index (χ0n) is 16.4. The average Bonchev–Trinajstić information content (AvgIpc) is 2.90. The predicted octanol–water partition coefficient (Wildman–Crippen LogP) is 2.72. The van der Waals surface area contributed by atoms with Gasteiger partial charge >= 0.3 is 0 Å². The maximum atomic E-state index is 11.9. The van der Waals surface area contributed by atoms with Gasteiger partial charge in [0.05, 0.1) is 18.5 Å². The summed E-state index contributed by atoms with van der Waals surface area (Å²) < 4.78 is 0. The number of hydrogen-bond acceptors (Lipinski definition) is 6. The lowest BCUT2D eigenvalue weighted by molar-refractivity contribution is -0.119. The van der Waals surface area contributed by atoms with E-state index in [1.165, 1.54) is 23.3 Å². The average molecular weight is 376 g/mol.